The third-order valence-corrected chi connectivity index (χ3v) is 2.38. The smallest absolute Gasteiger partial charge is 0.184 e. The highest BCUT2D eigenvalue weighted by Crippen LogP contribution is 2.12. The number of rotatable bonds is 5. The van der Waals surface area contributed by atoms with Crippen LogP contribution in [0.3, 0.4) is 0 Å². The Kier molecular flexibility index (Phi) is 4.92. The molecule has 4 heteroatoms. The Labute approximate surface area is 80.8 Å². The number of nitrogens with zero attached hydrogens (tertiary/aromatic N) is 1. The molecule has 0 fully saturated rings. The normalized spacial score (nSPS) is 15.9. The first-order valence-corrected chi connectivity index (χ1v) is 7.68. The van der Waals surface area contributed by atoms with E-state index in [1.54, 1.807) is 12.1 Å². The van der Waals surface area contributed by atoms with Crippen molar-refractivity contribution in [1.82, 2.24) is 0 Å². The van der Waals surface area contributed by atoms with Gasteiger partial charge in [-0.1, -0.05) is 6.08 Å². The van der Waals surface area contributed by atoms with Crippen LogP contribution in [0.5, 0.6) is 0 Å². The standard InChI is InChI=1S/C9H17NO2Si/c1-5-9(6-8(11)7-10)12-13(2,3)4/h5,8-9,11H,1,6H2,2-4H3/t8?,9-/m0/s1. The summed E-state index contributed by atoms with van der Waals surface area (Å²) < 4.78 is 5.67. The Morgan fingerprint density at radius 2 is 2.15 bits per heavy atom. The summed E-state index contributed by atoms with van der Waals surface area (Å²) in [7, 11) is -1.61. The Morgan fingerprint density at radius 3 is 2.46 bits per heavy atom. The molecular weight excluding hydrogens is 182 g/mol. The molecule has 1 unspecified atom stereocenters. The van der Waals surface area contributed by atoms with E-state index in [0.717, 1.165) is 0 Å². The fourth-order valence-corrected chi connectivity index (χ4v) is 2.02. The average Bonchev–Trinajstić information content (AvgIpc) is 2.00. The summed E-state index contributed by atoms with van der Waals surface area (Å²) in [5.74, 6) is 0. The fraction of sp³-hybridized carbons (Fsp3) is 0.667. The van der Waals surface area contributed by atoms with Gasteiger partial charge in [-0.25, -0.2) is 0 Å². The Bertz CT molecular complexity index is 205. The largest absolute Gasteiger partial charge is 0.411 e. The van der Waals surface area contributed by atoms with Crippen LogP contribution in [0.25, 0.3) is 0 Å². The van der Waals surface area contributed by atoms with E-state index < -0.39 is 14.4 Å². The predicted molar refractivity (Wildman–Crippen MR) is 54.7 cm³/mol. The first-order chi connectivity index (χ1) is 5.89. The molecule has 0 radical (unpaired) electrons. The molecule has 0 saturated carbocycles. The highest BCUT2D eigenvalue weighted by atomic mass is 28.4. The minimum Gasteiger partial charge on any atom is -0.411 e. The minimum absolute atomic E-state index is 0.207. The van der Waals surface area contributed by atoms with Crippen molar-refractivity contribution in [3.63, 3.8) is 0 Å². The molecule has 0 aromatic heterocycles. The zero-order chi connectivity index (χ0) is 10.5. The third-order valence-electron chi connectivity index (χ3n) is 1.37. The zero-order valence-electron chi connectivity index (χ0n) is 8.45. The van der Waals surface area contributed by atoms with Gasteiger partial charge in [0, 0.05) is 6.42 Å². The highest BCUT2D eigenvalue weighted by Gasteiger charge is 2.20. The van der Waals surface area contributed by atoms with E-state index in [1.807, 2.05) is 0 Å². The van der Waals surface area contributed by atoms with Gasteiger partial charge in [0.2, 0.25) is 0 Å². The number of aliphatic hydroxyl groups excluding tert-OH is 1. The molecule has 13 heavy (non-hydrogen) atoms. The van der Waals surface area contributed by atoms with Crippen LogP contribution >= 0.6 is 0 Å². The molecule has 0 bridgehead atoms. The molecule has 1 N–H and O–H groups in total. The van der Waals surface area contributed by atoms with Crippen LogP contribution in [-0.2, 0) is 4.43 Å². The van der Waals surface area contributed by atoms with Gasteiger partial charge in [-0.15, -0.1) is 6.58 Å². The van der Waals surface area contributed by atoms with E-state index in [2.05, 4.69) is 26.2 Å². The molecule has 3 nitrogen and oxygen atoms in total. The first kappa shape index (κ1) is 12.4. The summed E-state index contributed by atoms with van der Waals surface area (Å²) in [4.78, 5) is 0. The maximum absolute atomic E-state index is 9.08. The monoisotopic (exact) mass is 199 g/mol. The van der Waals surface area contributed by atoms with E-state index in [1.165, 1.54) is 0 Å². The van der Waals surface area contributed by atoms with Crippen molar-refractivity contribution in [1.29, 1.82) is 5.26 Å². The quantitative estimate of drug-likeness (QED) is 0.416. The van der Waals surface area contributed by atoms with Crippen molar-refractivity contribution in [3.8, 4) is 6.07 Å². The summed E-state index contributed by atoms with van der Waals surface area (Å²) >= 11 is 0. The van der Waals surface area contributed by atoms with Crippen LogP contribution in [0.4, 0.5) is 0 Å². The molecule has 0 rings (SSSR count). The van der Waals surface area contributed by atoms with E-state index in [0.29, 0.717) is 6.42 Å². The minimum atomic E-state index is -1.61. The number of aliphatic hydroxyl groups is 1. The summed E-state index contributed by atoms with van der Waals surface area (Å²) in [6, 6.07) is 1.76. The Morgan fingerprint density at radius 1 is 1.62 bits per heavy atom. The van der Waals surface area contributed by atoms with Crippen LogP contribution in [0, 0.1) is 11.3 Å². The molecule has 74 valence electrons. The van der Waals surface area contributed by atoms with Crippen molar-refractivity contribution >= 4 is 8.32 Å². The molecule has 0 spiro atoms. The van der Waals surface area contributed by atoms with Crippen molar-refractivity contribution in [2.24, 2.45) is 0 Å². The second-order valence-corrected chi connectivity index (χ2v) is 8.35. The van der Waals surface area contributed by atoms with Crippen LogP contribution in [0.15, 0.2) is 12.7 Å². The van der Waals surface area contributed by atoms with Gasteiger partial charge in [0.25, 0.3) is 0 Å². The van der Waals surface area contributed by atoms with E-state index in [-0.39, 0.29) is 6.10 Å². The lowest BCUT2D eigenvalue weighted by molar-refractivity contribution is 0.147. The van der Waals surface area contributed by atoms with Crippen LogP contribution in [0.2, 0.25) is 19.6 Å². The molecular formula is C9H17NO2Si. The summed E-state index contributed by atoms with van der Waals surface area (Å²) in [5.41, 5.74) is 0. The highest BCUT2D eigenvalue weighted by molar-refractivity contribution is 6.69. The van der Waals surface area contributed by atoms with Gasteiger partial charge in [0.15, 0.2) is 8.32 Å². The Hall–Kier alpha value is -0.633. The van der Waals surface area contributed by atoms with Gasteiger partial charge < -0.3 is 9.53 Å². The van der Waals surface area contributed by atoms with Crippen LogP contribution in [0.1, 0.15) is 6.42 Å². The summed E-state index contributed by atoms with van der Waals surface area (Å²) in [6.45, 7) is 9.78. The van der Waals surface area contributed by atoms with Crippen molar-refractivity contribution in [2.45, 2.75) is 38.3 Å². The molecule has 0 aliphatic carbocycles. The second kappa shape index (κ2) is 5.17. The molecule has 0 aromatic carbocycles. The summed E-state index contributed by atoms with van der Waals surface area (Å²) in [6.07, 6.45) is 0.781. The van der Waals surface area contributed by atoms with E-state index in [4.69, 9.17) is 14.8 Å². The van der Waals surface area contributed by atoms with Gasteiger partial charge in [0.05, 0.1) is 12.2 Å². The van der Waals surface area contributed by atoms with Gasteiger partial charge in [0.1, 0.15) is 6.10 Å². The summed E-state index contributed by atoms with van der Waals surface area (Å²) in [5, 5.41) is 17.5. The molecule has 0 heterocycles. The lowest BCUT2D eigenvalue weighted by Gasteiger charge is -2.24. The molecule has 0 amide bonds. The molecule has 0 aliphatic rings. The van der Waals surface area contributed by atoms with E-state index >= 15 is 0 Å². The first-order valence-electron chi connectivity index (χ1n) is 4.27. The van der Waals surface area contributed by atoms with Gasteiger partial charge in [-0.05, 0) is 19.6 Å². The second-order valence-electron chi connectivity index (χ2n) is 3.88. The third kappa shape index (κ3) is 6.52. The van der Waals surface area contributed by atoms with E-state index in [9.17, 15) is 0 Å². The molecule has 2 atom stereocenters. The maximum Gasteiger partial charge on any atom is 0.184 e. The van der Waals surface area contributed by atoms with Gasteiger partial charge in [-0.2, -0.15) is 5.26 Å². The van der Waals surface area contributed by atoms with Crippen molar-refractivity contribution < 1.29 is 9.53 Å². The van der Waals surface area contributed by atoms with Crippen LogP contribution in [-0.4, -0.2) is 25.6 Å². The van der Waals surface area contributed by atoms with Crippen LogP contribution < -0.4 is 0 Å². The lowest BCUT2D eigenvalue weighted by atomic mass is 10.2. The predicted octanol–water partition coefficient (Wildman–Crippen LogP) is 1.67. The zero-order valence-corrected chi connectivity index (χ0v) is 9.45. The topological polar surface area (TPSA) is 53.2 Å². The van der Waals surface area contributed by atoms with Gasteiger partial charge in [-0.3, -0.25) is 0 Å². The fourth-order valence-electron chi connectivity index (χ4n) is 0.919. The number of nitriles is 1. The molecule has 0 aliphatic heterocycles. The molecule has 0 aromatic rings. The lowest BCUT2D eigenvalue weighted by Crippen LogP contribution is -2.32. The average molecular weight is 199 g/mol. The maximum atomic E-state index is 9.08. The number of hydrogen-bond acceptors (Lipinski definition) is 3. The van der Waals surface area contributed by atoms with Gasteiger partial charge >= 0.3 is 0 Å². The molecule has 0 saturated heterocycles. The SMILES string of the molecule is C=C[C@@H](CC(O)C#N)O[Si](C)(C)C. The van der Waals surface area contributed by atoms with Crippen molar-refractivity contribution in [2.75, 3.05) is 0 Å². The van der Waals surface area contributed by atoms with Crippen molar-refractivity contribution in [3.05, 3.63) is 12.7 Å². The Balaban J connectivity index is 4.06. The number of hydrogen-bond donors (Lipinski definition) is 1.